The Bertz CT molecular complexity index is 831. The Balaban J connectivity index is 1.37. The van der Waals surface area contributed by atoms with Crippen molar-refractivity contribution in [2.45, 2.75) is 19.5 Å². The summed E-state index contributed by atoms with van der Waals surface area (Å²) in [5, 5.41) is 3.48. The van der Waals surface area contributed by atoms with Gasteiger partial charge in [0.15, 0.2) is 0 Å². The average Bonchev–Trinajstić information content (AvgIpc) is 3.32. The fourth-order valence-electron chi connectivity index (χ4n) is 2.97. The van der Waals surface area contributed by atoms with Crippen LogP contribution >= 0.6 is 0 Å². The number of aromatic nitrogens is 2. The number of nitrogens with one attached hydrogen (secondary N) is 1. The van der Waals surface area contributed by atoms with E-state index >= 15 is 0 Å². The molecule has 0 fully saturated rings. The van der Waals surface area contributed by atoms with Crippen LogP contribution in [0.2, 0.25) is 0 Å². The van der Waals surface area contributed by atoms with Crippen LogP contribution in [0.15, 0.2) is 61.2 Å². The Labute approximate surface area is 147 Å². The molecule has 0 unspecified atom stereocenters. The van der Waals surface area contributed by atoms with Gasteiger partial charge in [0.1, 0.15) is 18.1 Å². The van der Waals surface area contributed by atoms with Crippen LogP contribution in [0.3, 0.4) is 0 Å². The summed E-state index contributed by atoms with van der Waals surface area (Å²) in [6.45, 7) is 2.93. The minimum absolute atomic E-state index is 0.602. The highest BCUT2D eigenvalue weighted by Crippen LogP contribution is 2.28. The average molecular weight is 335 g/mol. The van der Waals surface area contributed by atoms with Gasteiger partial charge >= 0.3 is 0 Å². The lowest BCUT2D eigenvalue weighted by Gasteiger charge is -2.14. The minimum atomic E-state index is 0.602. The third-order valence-corrected chi connectivity index (χ3v) is 4.29. The zero-order chi connectivity index (χ0) is 16.9. The first-order chi connectivity index (χ1) is 12.4. The van der Waals surface area contributed by atoms with Gasteiger partial charge in [-0.2, -0.15) is 0 Å². The molecule has 2 heterocycles. The van der Waals surface area contributed by atoms with E-state index in [2.05, 4.69) is 28.5 Å². The molecular formula is C20H21N3O2. The quantitative estimate of drug-likeness (QED) is 0.718. The Morgan fingerprint density at radius 3 is 3.08 bits per heavy atom. The fraction of sp³-hybridized carbons (Fsp3) is 0.250. The normalized spacial score (nSPS) is 12.5. The summed E-state index contributed by atoms with van der Waals surface area (Å²) in [6.07, 6.45) is 6.50. The highest BCUT2D eigenvalue weighted by atomic mass is 16.5. The van der Waals surface area contributed by atoms with E-state index in [0.29, 0.717) is 6.61 Å². The molecule has 0 saturated heterocycles. The largest absolute Gasteiger partial charge is 0.493 e. The van der Waals surface area contributed by atoms with E-state index < -0.39 is 0 Å². The Hall–Kier alpha value is -2.95. The molecule has 0 saturated carbocycles. The lowest BCUT2D eigenvalue weighted by Crippen LogP contribution is -2.08. The van der Waals surface area contributed by atoms with E-state index in [0.717, 1.165) is 43.3 Å². The van der Waals surface area contributed by atoms with E-state index in [1.165, 1.54) is 11.1 Å². The van der Waals surface area contributed by atoms with Crippen molar-refractivity contribution in [3.05, 3.63) is 72.3 Å². The summed E-state index contributed by atoms with van der Waals surface area (Å²) in [5.41, 5.74) is 3.55. The fourth-order valence-corrected chi connectivity index (χ4v) is 2.97. The topological polar surface area (TPSA) is 48.3 Å². The van der Waals surface area contributed by atoms with Crippen LogP contribution in [-0.4, -0.2) is 22.8 Å². The number of hydrogen-bond donors (Lipinski definition) is 1. The maximum atomic E-state index is 5.94. The standard InChI is InChI=1S/C20H21N3O2/c1-2-4-20(25-12-10-23-9-8-21-15-23)18(3-1)22-14-16-5-6-19-17(13-16)7-11-24-19/h1-6,8-9,13,15,22H,7,10-12,14H2. The molecule has 0 radical (unpaired) electrons. The van der Waals surface area contributed by atoms with E-state index in [1.807, 2.05) is 35.0 Å². The van der Waals surface area contributed by atoms with Crippen molar-refractivity contribution in [1.82, 2.24) is 9.55 Å². The Morgan fingerprint density at radius 1 is 1.20 bits per heavy atom. The summed E-state index contributed by atoms with van der Waals surface area (Å²) in [5.74, 6) is 1.89. The van der Waals surface area contributed by atoms with Crippen LogP contribution in [0.5, 0.6) is 11.5 Å². The van der Waals surface area contributed by atoms with Crippen LogP contribution in [0.1, 0.15) is 11.1 Å². The highest BCUT2D eigenvalue weighted by Gasteiger charge is 2.12. The van der Waals surface area contributed by atoms with Crippen molar-refractivity contribution in [1.29, 1.82) is 0 Å². The van der Waals surface area contributed by atoms with Gasteiger partial charge < -0.3 is 19.4 Å². The summed E-state index contributed by atoms with van der Waals surface area (Å²) in [7, 11) is 0. The molecule has 3 aromatic rings. The molecule has 128 valence electrons. The third-order valence-electron chi connectivity index (χ3n) is 4.29. The number of benzene rings is 2. The number of ether oxygens (including phenoxy) is 2. The van der Waals surface area contributed by atoms with Gasteiger partial charge in [0.2, 0.25) is 0 Å². The zero-order valence-corrected chi connectivity index (χ0v) is 14.0. The van der Waals surface area contributed by atoms with Gasteiger partial charge in [-0.05, 0) is 29.3 Å². The van der Waals surface area contributed by atoms with Crippen LogP contribution in [0.25, 0.3) is 0 Å². The van der Waals surface area contributed by atoms with Gasteiger partial charge in [-0.1, -0.05) is 24.3 Å². The number of fused-ring (bicyclic) bond motifs is 1. The van der Waals surface area contributed by atoms with Gasteiger partial charge in [0, 0.05) is 25.4 Å². The lowest BCUT2D eigenvalue weighted by atomic mass is 10.1. The molecule has 1 aliphatic rings. The first-order valence-electron chi connectivity index (χ1n) is 8.54. The molecule has 0 atom stereocenters. The summed E-state index contributed by atoms with van der Waals surface area (Å²) in [6, 6.07) is 14.4. The van der Waals surface area contributed by atoms with Crippen LogP contribution in [0, 0.1) is 0 Å². The smallest absolute Gasteiger partial charge is 0.142 e. The number of para-hydroxylation sites is 2. The predicted octanol–water partition coefficient (Wildman–Crippen LogP) is 3.51. The van der Waals surface area contributed by atoms with Crippen molar-refractivity contribution >= 4 is 5.69 Å². The first-order valence-corrected chi connectivity index (χ1v) is 8.54. The van der Waals surface area contributed by atoms with Crippen molar-refractivity contribution in [2.24, 2.45) is 0 Å². The maximum Gasteiger partial charge on any atom is 0.142 e. The van der Waals surface area contributed by atoms with E-state index in [9.17, 15) is 0 Å². The number of hydrogen-bond acceptors (Lipinski definition) is 4. The predicted molar refractivity (Wildman–Crippen MR) is 97.1 cm³/mol. The van der Waals surface area contributed by atoms with Crippen LogP contribution in [-0.2, 0) is 19.5 Å². The van der Waals surface area contributed by atoms with Gasteiger partial charge in [-0.3, -0.25) is 0 Å². The first kappa shape index (κ1) is 15.6. The maximum absolute atomic E-state index is 5.94. The molecule has 1 aromatic heterocycles. The zero-order valence-electron chi connectivity index (χ0n) is 14.0. The van der Waals surface area contributed by atoms with Crippen molar-refractivity contribution in [3.63, 3.8) is 0 Å². The molecule has 1 N–H and O–H groups in total. The molecule has 5 heteroatoms. The molecule has 0 amide bonds. The molecule has 2 aromatic carbocycles. The van der Waals surface area contributed by atoms with Crippen LogP contribution in [0.4, 0.5) is 5.69 Å². The molecule has 1 aliphatic heterocycles. The molecule has 25 heavy (non-hydrogen) atoms. The lowest BCUT2D eigenvalue weighted by molar-refractivity contribution is 0.299. The molecule has 0 aliphatic carbocycles. The molecule has 0 bridgehead atoms. The Morgan fingerprint density at radius 2 is 2.16 bits per heavy atom. The summed E-state index contributed by atoms with van der Waals surface area (Å²) < 4.78 is 13.5. The number of nitrogens with zero attached hydrogens (tertiary/aromatic N) is 2. The molecule has 0 spiro atoms. The van der Waals surface area contributed by atoms with E-state index in [1.54, 1.807) is 12.5 Å². The van der Waals surface area contributed by atoms with E-state index in [-0.39, 0.29) is 0 Å². The SMILES string of the molecule is c1ccc(OCCn2ccnc2)c(NCc2ccc3c(c2)CCO3)c1. The molecule has 5 nitrogen and oxygen atoms in total. The van der Waals surface area contributed by atoms with Crippen molar-refractivity contribution in [3.8, 4) is 11.5 Å². The van der Waals surface area contributed by atoms with Crippen molar-refractivity contribution < 1.29 is 9.47 Å². The third kappa shape index (κ3) is 3.76. The van der Waals surface area contributed by atoms with Gasteiger partial charge in [0.25, 0.3) is 0 Å². The molecule has 4 rings (SSSR count). The van der Waals surface area contributed by atoms with Gasteiger partial charge in [0.05, 0.1) is 25.2 Å². The van der Waals surface area contributed by atoms with Crippen molar-refractivity contribution in [2.75, 3.05) is 18.5 Å². The second-order valence-electron chi connectivity index (χ2n) is 6.04. The molecular weight excluding hydrogens is 314 g/mol. The number of imidazole rings is 1. The van der Waals surface area contributed by atoms with Gasteiger partial charge in [-0.15, -0.1) is 0 Å². The summed E-state index contributed by atoms with van der Waals surface area (Å²) in [4.78, 5) is 4.04. The highest BCUT2D eigenvalue weighted by molar-refractivity contribution is 5.56. The second-order valence-corrected chi connectivity index (χ2v) is 6.04. The number of anilines is 1. The minimum Gasteiger partial charge on any atom is -0.493 e. The number of rotatable bonds is 7. The van der Waals surface area contributed by atoms with E-state index in [4.69, 9.17) is 9.47 Å². The second kappa shape index (κ2) is 7.30. The van der Waals surface area contributed by atoms with Gasteiger partial charge in [-0.25, -0.2) is 4.98 Å². The summed E-state index contributed by atoms with van der Waals surface area (Å²) >= 11 is 0. The van der Waals surface area contributed by atoms with Crippen LogP contribution < -0.4 is 14.8 Å². The Kier molecular flexibility index (Phi) is 4.55. The monoisotopic (exact) mass is 335 g/mol.